The first-order valence-corrected chi connectivity index (χ1v) is 11.5. The molecule has 36 heavy (non-hydrogen) atoms. The van der Waals surface area contributed by atoms with E-state index in [1.54, 1.807) is 36.4 Å². The molecular weight excluding hydrogens is 484 g/mol. The van der Waals surface area contributed by atoms with Crippen LogP contribution in [0.3, 0.4) is 0 Å². The third kappa shape index (κ3) is 6.43. The highest BCUT2D eigenvalue weighted by Crippen LogP contribution is 2.23. The number of hydrogen-bond donors (Lipinski definition) is 1. The number of halogens is 1. The zero-order valence-corrected chi connectivity index (χ0v) is 20.1. The molecule has 2 amide bonds. The number of nitrogens with zero attached hydrogens (tertiary/aromatic N) is 2. The maximum Gasteiger partial charge on any atom is 0.425 e. The van der Waals surface area contributed by atoms with E-state index in [2.05, 4.69) is 4.98 Å². The predicted molar refractivity (Wildman–Crippen MR) is 133 cm³/mol. The smallest absolute Gasteiger partial charge is 0.425 e. The quantitative estimate of drug-likeness (QED) is 0.287. The molecule has 9 heteroatoms. The molecule has 0 saturated heterocycles. The molecule has 0 unspecified atom stereocenters. The van der Waals surface area contributed by atoms with E-state index in [-0.39, 0.29) is 12.3 Å². The summed E-state index contributed by atoms with van der Waals surface area (Å²) in [5.74, 6) is 1.96. The second-order valence-corrected chi connectivity index (χ2v) is 8.26. The van der Waals surface area contributed by atoms with E-state index in [1.165, 1.54) is 12.1 Å². The lowest BCUT2D eigenvalue weighted by Crippen LogP contribution is -2.37. The number of imide groups is 1. The predicted octanol–water partition coefficient (Wildman–Crippen LogP) is 6.60. The second kappa shape index (κ2) is 11.4. The van der Waals surface area contributed by atoms with Crippen molar-refractivity contribution < 1.29 is 28.6 Å². The van der Waals surface area contributed by atoms with Crippen LogP contribution in [-0.4, -0.2) is 33.8 Å². The fraction of sp³-hybridized carbons (Fsp3) is 0.148. The van der Waals surface area contributed by atoms with Crippen molar-refractivity contribution in [2.45, 2.75) is 19.9 Å². The van der Waals surface area contributed by atoms with Gasteiger partial charge in [-0.3, -0.25) is 0 Å². The van der Waals surface area contributed by atoms with E-state index in [9.17, 15) is 14.7 Å². The monoisotopic (exact) mass is 506 g/mol. The number of hydrogen-bond acceptors (Lipinski definition) is 6. The van der Waals surface area contributed by atoms with Gasteiger partial charge in [0, 0.05) is 17.0 Å². The molecular formula is C27H23ClN2O6. The number of aryl methyl sites for hydroxylation is 1. The van der Waals surface area contributed by atoms with Crippen molar-refractivity contribution in [3.05, 3.63) is 101 Å². The first kappa shape index (κ1) is 24.8. The van der Waals surface area contributed by atoms with E-state index < -0.39 is 12.2 Å². The minimum absolute atomic E-state index is 0.148. The van der Waals surface area contributed by atoms with Gasteiger partial charge in [0.2, 0.25) is 5.89 Å². The van der Waals surface area contributed by atoms with Crippen LogP contribution >= 0.6 is 11.6 Å². The molecule has 4 rings (SSSR count). The number of ether oxygens (including phenoxy) is 2. The average molecular weight is 507 g/mol. The lowest BCUT2D eigenvalue weighted by atomic mass is 10.2. The third-order valence-electron chi connectivity index (χ3n) is 5.21. The summed E-state index contributed by atoms with van der Waals surface area (Å²) in [6, 6.07) is 22.6. The number of carbonyl (C=O) groups excluding carboxylic acids is 1. The molecule has 0 aliphatic heterocycles. The summed E-state index contributed by atoms with van der Waals surface area (Å²) in [4.78, 5) is 29.3. The number of oxazole rings is 1. The van der Waals surface area contributed by atoms with Crippen LogP contribution in [0.5, 0.6) is 11.5 Å². The Morgan fingerprint density at radius 2 is 1.75 bits per heavy atom. The van der Waals surface area contributed by atoms with Crippen LogP contribution in [0.25, 0.3) is 11.5 Å². The van der Waals surface area contributed by atoms with Crippen LogP contribution in [0.4, 0.5) is 9.59 Å². The fourth-order valence-corrected chi connectivity index (χ4v) is 3.62. The zero-order chi connectivity index (χ0) is 25.5. The van der Waals surface area contributed by atoms with Gasteiger partial charge in [0.05, 0.1) is 18.8 Å². The summed E-state index contributed by atoms with van der Waals surface area (Å²) < 4.78 is 16.8. The van der Waals surface area contributed by atoms with E-state index >= 15 is 0 Å². The Morgan fingerprint density at radius 1 is 1.00 bits per heavy atom. The maximum absolute atomic E-state index is 12.5. The zero-order valence-electron chi connectivity index (χ0n) is 19.4. The van der Waals surface area contributed by atoms with Crippen LogP contribution < -0.4 is 9.47 Å². The molecule has 3 aromatic carbocycles. The number of carboxylic acid groups (broad SMARTS) is 1. The first-order chi connectivity index (χ1) is 17.4. The minimum atomic E-state index is -1.44. The normalized spacial score (nSPS) is 10.6. The van der Waals surface area contributed by atoms with Gasteiger partial charge >= 0.3 is 12.2 Å². The molecule has 0 atom stereocenters. The number of rotatable bonds is 8. The second-order valence-electron chi connectivity index (χ2n) is 7.83. The van der Waals surface area contributed by atoms with Gasteiger partial charge < -0.3 is 19.0 Å². The Balaban J connectivity index is 1.36. The molecule has 1 N–H and O–H groups in total. The van der Waals surface area contributed by atoms with Gasteiger partial charge in [0.25, 0.3) is 0 Å². The van der Waals surface area contributed by atoms with Gasteiger partial charge in [-0.05, 0) is 55.0 Å². The van der Waals surface area contributed by atoms with E-state index in [4.69, 9.17) is 25.5 Å². The molecule has 184 valence electrons. The van der Waals surface area contributed by atoms with Crippen LogP contribution in [0, 0.1) is 6.92 Å². The highest BCUT2D eigenvalue weighted by Gasteiger charge is 2.23. The average Bonchev–Trinajstić information content (AvgIpc) is 3.23. The van der Waals surface area contributed by atoms with Crippen molar-refractivity contribution in [3.63, 3.8) is 0 Å². The number of benzene rings is 3. The highest BCUT2D eigenvalue weighted by molar-refractivity contribution is 6.30. The van der Waals surface area contributed by atoms with E-state index in [0.29, 0.717) is 40.2 Å². The van der Waals surface area contributed by atoms with Crippen LogP contribution in [0.2, 0.25) is 5.02 Å². The third-order valence-corrected chi connectivity index (χ3v) is 5.45. The summed E-state index contributed by atoms with van der Waals surface area (Å²) in [6.45, 7) is 1.98. The summed E-state index contributed by atoms with van der Waals surface area (Å²) >= 11 is 5.89. The Kier molecular flexibility index (Phi) is 7.87. The van der Waals surface area contributed by atoms with Crippen LogP contribution in [0.15, 0.2) is 83.3 Å². The van der Waals surface area contributed by atoms with Crippen molar-refractivity contribution in [1.82, 2.24) is 9.88 Å². The SMILES string of the molecule is Cc1oc(-c2ccccc2)nc1CCOc1cccc(CN(C(=O)O)C(=O)Oc2cccc(Cl)c2)c1. The maximum atomic E-state index is 12.5. The summed E-state index contributed by atoms with van der Waals surface area (Å²) in [5, 5.41) is 9.90. The molecule has 0 bridgehead atoms. The van der Waals surface area contributed by atoms with Crippen molar-refractivity contribution >= 4 is 23.8 Å². The molecule has 4 aromatic rings. The molecule has 0 saturated carbocycles. The molecule has 0 fully saturated rings. The summed E-state index contributed by atoms with van der Waals surface area (Å²) in [5.41, 5.74) is 2.25. The lowest BCUT2D eigenvalue weighted by molar-refractivity contribution is 0.124. The largest absolute Gasteiger partial charge is 0.493 e. The van der Waals surface area contributed by atoms with Crippen molar-refractivity contribution in [2.75, 3.05) is 6.61 Å². The molecule has 0 spiro atoms. The van der Waals surface area contributed by atoms with Gasteiger partial charge in [-0.25, -0.2) is 19.5 Å². The molecule has 1 heterocycles. The molecule has 0 radical (unpaired) electrons. The van der Waals surface area contributed by atoms with Gasteiger partial charge in [0.1, 0.15) is 17.3 Å². The first-order valence-electron chi connectivity index (χ1n) is 11.1. The van der Waals surface area contributed by atoms with Crippen molar-refractivity contribution in [3.8, 4) is 23.0 Å². The lowest BCUT2D eigenvalue weighted by Gasteiger charge is -2.17. The van der Waals surface area contributed by atoms with Crippen LogP contribution in [-0.2, 0) is 13.0 Å². The number of amides is 2. The van der Waals surface area contributed by atoms with Crippen molar-refractivity contribution in [2.24, 2.45) is 0 Å². The Labute approximate surface area is 212 Å². The summed E-state index contributed by atoms with van der Waals surface area (Å²) in [7, 11) is 0. The van der Waals surface area contributed by atoms with Gasteiger partial charge in [-0.15, -0.1) is 0 Å². The van der Waals surface area contributed by atoms with Crippen LogP contribution in [0.1, 0.15) is 17.0 Å². The molecule has 0 aliphatic rings. The van der Waals surface area contributed by atoms with E-state index in [0.717, 1.165) is 17.0 Å². The number of carbonyl (C=O) groups is 2. The minimum Gasteiger partial charge on any atom is -0.493 e. The molecule has 8 nitrogen and oxygen atoms in total. The summed E-state index contributed by atoms with van der Waals surface area (Å²) in [6.07, 6.45) is -1.95. The topological polar surface area (TPSA) is 102 Å². The highest BCUT2D eigenvalue weighted by atomic mass is 35.5. The molecule has 0 aliphatic carbocycles. The van der Waals surface area contributed by atoms with E-state index in [1.807, 2.05) is 37.3 Å². The van der Waals surface area contributed by atoms with Gasteiger partial charge in [-0.1, -0.05) is 48.0 Å². The van der Waals surface area contributed by atoms with Gasteiger partial charge in [-0.2, -0.15) is 0 Å². The van der Waals surface area contributed by atoms with Gasteiger partial charge in [0.15, 0.2) is 0 Å². The molecule has 1 aromatic heterocycles. The Morgan fingerprint density at radius 3 is 2.50 bits per heavy atom. The Bertz CT molecular complexity index is 1360. The standard InChI is InChI=1S/C27H23ClN2O6/c1-18-24(29-25(35-18)20-8-3-2-4-9-20)13-14-34-22-11-5-7-19(15-22)17-30(26(31)32)27(33)36-23-12-6-10-21(28)16-23/h2-12,15-16H,13-14,17H2,1H3,(H,31,32). The fourth-order valence-electron chi connectivity index (χ4n) is 3.44. The van der Waals surface area contributed by atoms with Crippen molar-refractivity contribution in [1.29, 1.82) is 0 Å². The Hall–Kier alpha value is -4.30. The number of aromatic nitrogens is 1.